The Labute approximate surface area is 149 Å². The summed E-state index contributed by atoms with van der Waals surface area (Å²) in [4.78, 5) is 6.71. The quantitative estimate of drug-likeness (QED) is 0.738. The van der Waals surface area contributed by atoms with Crippen LogP contribution in [-0.4, -0.2) is 49.4 Å². The summed E-state index contributed by atoms with van der Waals surface area (Å²) in [7, 11) is 3.54. The molecule has 0 spiro atoms. The molecule has 134 valence electrons. The van der Waals surface area contributed by atoms with E-state index in [1.807, 2.05) is 30.3 Å². The van der Waals surface area contributed by atoms with Crippen LogP contribution in [0.15, 0.2) is 48.7 Å². The fraction of sp³-hybridized carbons (Fsp3) is 0.450. The van der Waals surface area contributed by atoms with Crippen molar-refractivity contribution in [2.24, 2.45) is 0 Å². The van der Waals surface area contributed by atoms with E-state index in [1.54, 1.807) is 20.4 Å². The molecular weight excluding hydrogens is 316 g/mol. The number of benzene rings is 1. The number of hydrogen-bond donors (Lipinski definition) is 0. The molecule has 1 saturated heterocycles. The summed E-state index contributed by atoms with van der Waals surface area (Å²) in [6, 6.07) is 14.5. The molecule has 25 heavy (non-hydrogen) atoms. The van der Waals surface area contributed by atoms with Crippen molar-refractivity contribution in [1.29, 1.82) is 0 Å². The molecule has 0 amide bonds. The Hall–Kier alpha value is -1.95. The predicted molar refractivity (Wildman–Crippen MR) is 96.5 cm³/mol. The Bertz CT molecular complexity index is 650. The van der Waals surface area contributed by atoms with E-state index in [0.717, 1.165) is 37.6 Å². The van der Waals surface area contributed by atoms with E-state index in [2.05, 4.69) is 22.0 Å². The molecule has 0 N–H and O–H groups in total. The number of hydrogen-bond acceptors (Lipinski definition) is 5. The van der Waals surface area contributed by atoms with Crippen molar-refractivity contribution in [2.45, 2.75) is 31.7 Å². The molecular formula is C20H26N2O3. The average Bonchev–Trinajstić information content (AvgIpc) is 3.03. The molecule has 1 aliphatic rings. The molecule has 2 aromatic rings. The van der Waals surface area contributed by atoms with Crippen LogP contribution in [0.3, 0.4) is 0 Å². The maximum atomic E-state index is 5.88. The van der Waals surface area contributed by atoms with Crippen molar-refractivity contribution in [3.8, 4) is 5.75 Å². The van der Waals surface area contributed by atoms with Gasteiger partial charge in [-0.25, -0.2) is 0 Å². The third-order valence-corrected chi connectivity index (χ3v) is 4.58. The van der Waals surface area contributed by atoms with Gasteiger partial charge in [0.15, 0.2) is 0 Å². The van der Waals surface area contributed by atoms with E-state index in [0.29, 0.717) is 12.6 Å². The first kappa shape index (κ1) is 17.9. The van der Waals surface area contributed by atoms with Crippen LogP contribution in [0.1, 0.15) is 17.7 Å². The fourth-order valence-electron chi connectivity index (χ4n) is 3.28. The number of aromatic nitrogens is 1. The molecule has 0 saturated carbocycles. The van der Waals surface area contributed by atoms with Crippen LogP contribution in [0.25, 0.3) is 0 Å². The van der Waals surface area contributed by atoms with Gasteiger partial charge >= 0.3 is 0 Å². The minimum Gasteiger partial charge on any atom is -0.487 e. The molecule has 3 rings (SSSR count). The van der Waals surface area contributed by atoms with Gasteiger partial charge in [0, 0.05) is 39.5 Å². The summed E-state index contributed by atoms with van der Waals surface area (Å²) >= 11 is 0. The predicted octanol–water partition coefficient (Wildman–Crippen LogP) is 2.90. The van der Waals surface area contributed by atoms with Crippen molar-refractivity contribution in [3.63, 3.8) is 0 Å². The minimum atomic E-state index is 0.281. The maximum absolute atomic E-state index is 5.88. The van der Waals surface area contributed by atoms with Gasteiger partial charge in [0.1, 0.15) is 12.4 Å². The Morgan fingerprint density at radius 2 is 2.08 bits per heavy atom. The summed E-state index contributed by atoms with van der Waals surface area (Å²) in [5, 5.41) is 0. The summed E-state index contributed by atoms with van der Waals surface area (Å²) in [6.07, 6.45) is 3.08. The standard InChI is InChI=1S/C20H26N2O3/c1-23-15-18-11-20(24-2)13-22(18)12-16-6-5-8-19(10-16)25-14-17-7-3-4-9-21-17/h3-10,18,20H,11-15H2,1-2H3/t18-,20+/m0/s1. The topological polar surface area (TPSA) is 43.8 Å². The molecule has 0 bridgehead atoms. The molecule has 1 aliphatic heterocycles. The van der Waals surface area contributed by atoms with Gasteiger partial charge < -0.3 is 14.2 Å². The van der Waals surface area contributed by atoms with Gasteiger partial charge in [-0.05, 0) is 36.2 Å². The monoisotopic (exact) mass is 342 g/mol. The molecule has 2 atom stereocenters. The average molecular weight is 342 g/mol. The van der Waals surface area contributed by atoms with Gasteiger partial charge in [-0.2, -0.15) is 0 Å². The SMILES string of the molecule is COC[C@@H]1C[C@@H](OC)CN1Cc1cccc(OCc2ccccn2)c1. The van der Waals surface area contributed by atoms with Crippen LogP contribution in [0.4, 0.5) is 0 Å². The number of rotatable bonds is 8. The van der Waals surface area contributed by atoms with Gasteiger partial charge in [-0.1, -0.05) is 18.2 Å². The second-order valence-electron chi connectivity index (χ2n) is 6.39. The van der Waals surface area contributed by atoms with Gasteiger partial charge in [-0.15, -0.1) is 0 Å². The lowest BCUT2D eigenvalue weighted by atomic mass is 10.1. The molecule has 0 unspecified atom stereocenters. The highest BCUT2D eigenvalue weighted by Crippen LogP contribution is 2.24. The van der Waals surface area contributed by atoms with Gasteiger partial charge in [0.2, 0.25) is 0 Å². The highest BCUT2D eigenvalue weighted by atomic mass is 16.5. The van der Waals surface area contributed by atoms with Crippen molar-refractivity contribution in [2.75, 3.05) is 27.4 Å². The van der Waals surface area contributed by atoms with E-state index in [-0.39, 0.29) is 6.10 Å². The molecule has 0 radical (unpaired) electrons. The summed E-state index contributed by atoms with van der Waals surface area (Å²) < 4.78 is 16.8. The van der Waals surface area contributed by atoms with Crippen LogP contribution >= 0.6 is 0 Å². The van der Waals surface area contributed by atoms with Gasteiger partial charge in [0.25, 0.3) is 0 Å². The molecule has 5 heteroatoms. The number of methoxy groups -OCH3 is 2. The van der Waals surface area contributed by atoms with E-state index >= 15 is 0 Å². The van der Waals surface area contributed by atoms with Crippen LogP contribution in [0.2, 0.25) is 0 Å². The molecule has 1 fully saturated rings. The Morgan fingerprint density at radius 1 is 1.16 bits per heavy atom. The second kappa shape index (κ2) is 8.94. The van der Waals surface area contributed by atoms with Crippen LogP contribution in [0.5, 0.6) is 5.75 Å². The third kappa shape index (κ3) is 5.01. The van der Waals surface area contributed by atoms with Crippen LogP contribution < -0.4 is 4.74 Å². The highest BCUT2D eigenvalue weighted by molar-refractivity contribution is 5.29. The first-order valence-corrected chi connectivity index (χ1v) is 8.66. The number of pyridine rings is 1. The zero-order valence-corrected chi connectivity index (χ0v) is 14.9. The Morgan fingerprint density at radius 3 is 2.84 bits per heavy atom. The number of likely N-dealkylation sites (tertiary alicyclic amines) is 1. The van der Waals surface area contributed by atoms with Crippen molar-refractivity contribution < 1.29 is 14.2 Å². The van der Waals surface area contributed by atoms with Crippen molar-refractivity contribution in [3.05, 3.63) is 59.9 Å². The number of ether oxygens (including phenoxy) is 3. The number of nitrogens with zero attached hydrogens (tertiary/aromatic N) is 2. The largest absolute Gasteiger partial charge is 0.487 e. The Kier molecular flexibility index (Phi) is 6.39. The smallest absolute Gasteiger partial charge is 0.130 e. The fourth-order valence-corrected chi connectivity index (χ4v) is 3.28. The van der Waals surface area contributed by atoms with Gasteiger partial charge in [0.05, 0.1) is 18.4 Å². The summed E-state index contributed by atoms with van der Waals surface area (Å²) in [5.74, 6) is 0.869. The summed E-state index contributed by atoms with van der Waals surface area (Å²) in [6.45, 7) is 3.01. The zero-order valence-electron chi connectivity index (χ0n) is 14.9. The van der Waals surface area contributed by atoms with Crippen LogP contribution in [-0.2, 0) is 22.6 Å². The van der Waals surface area contributed by atoms with E-state index in [1.165, 1.54) is 5.56 Å². The summed E-state index contributed by atoms with van der Waals surface area (Å²) in [5.41, 5.74) is 2.16. The molecule has 5 nitrogen and oxygen atoms in total. The second-order valence-corrected chi connectivity index (χ2v) is 6.39. The van der Waals surface area contributed by atoms with E-state index < -0.39 is 0 Å². The van der Waals surface area contributed by atoms with Gasteiger partial charge in [-0.3, -0.25) is 9.88 Å². The van der Waals surface area contributed by atoms with Crippen molar-refractivity contribution in [1.82, 2.24) is 9.88 Å². The third-order valence-electron chi connectivity index (χ3n) is 4.58. The first-order chi connectivity index (χ1) is 12.3. The zero-order chi connectivity index (χ0) is 17.5. The molecule has 0 aliphatic carbocycles. The highest BCUT2D eigenvalue weighted by Gasteiger charge is 2.31. The molecule has 1 aromatic heterocycles. The normalized spacial score (nSPS) is 20.7. The Balaban J connectivity index is 1.61. The lowest BCUT2D eigenvalue weighted by Crippen LogP contribution is -2.32. The first-order valence-electron chi connectivity index (χ1n) is 8.66. The lowest BCUT2D eigenvalue weighted by Gasteiger charge is -2.23. The lowest BCUT2D eigenvalue weighted by molar-refractivity contribution is 0.106. The van der Waals surface area contributed by atoms with Crippen molar-refractivity contribution >= 4 is 0 Å². The maximum Gasteiger partial charge on any atom is 0.130 e. The molecule has 2 heterocycles. The minimum absolute atomic E-state index is 0.281. The van der Waals surface area contributed by atoms with E-state index in [9.17, 15) is 0 Å². The molecule has 1 aromatic carbocycles. The van der Waals surface area contributed by atoms with E-state index in [4.69, 9.17) is 14.2 Å². The van der Waals surface area contributed by atoms with Crippen LogP contribution in [0, 0.1) is 0 Å².